The monoisotopic (exact) mass is 395 g/mol. The number of carbonyl (C=O) groups excluding carboxylic acids is 1. The van der Waals surface area contributed by atoms with Gasteiger partial charge in [-0.25, -0.2) is 4.39 Å². The number of aliphatic hydroxyl groups excluding tert-OH is 1. The highest BCUT2D eigenvalue weighted by molar-refractivity contribution is 6.01. The Hall–Kier alpha value is -3.19. The van der Waals surface area contributed by atoms with Crippen molar-refractivity contribution in [1.29, 1.82) is 0 Å². The average molecular weight is 395 g/mol. The lowest BCUT2D eigenvalue weighted by Crippen LogP contribution is -2.49. The molecule has 1 saturated heterocycles. The van der Waals surface area contributed by atoms with Crippen LogP contribution in [0.3, 0.4) is 0 Å². The molecule has 6 nitrogen and oxygen atoms in total. The Kier molecular flexibility index (Phi) is 5.31. The first-order valence-corrected chi connectivity index (χ1v) is 9.57. The number of aliphatic hydroxyl groups is 1. The maximum Gasteiger partial charge on any atom is 0.259 e. The molecule has 1 amide bonds. The lowest BCUT2D eigenvalue weighted by Gasteiger charge is -2.36. The van der Waals surface area contributed by atoms with Crippen LogP contribution in [-0.2, 0) is 0 Å². The molecule has 0 radical (unpaired) electrons. The predicted molar refractivity (Wildman–Crippen MR) is 107 cm³/mol. The van der Waals surface area contributed by atoms with E-state index in [9.17, 15) is 14.3 Å². The van der Waals surface area contributed by atoms with Crippen LogP contribution in [0, 0.1) is 5.82 Å². The minimum atomic E-state index is -0.945. The molecular formula is C22H22FN3O3. The van der Waals surface area contributed by atoms with Crippen LogP contribution in [0.2, 0.25) is 0 Å². The van der Waals surface area contributed by atoms with E-state index in [1.807, 2.05) is 30.3 Å². The van der Waals surface area contributed by atoms with E-state index in [1.165, 1.54) is 12.1 Å². The number of benzene rings is 2. The van der Waals surface area contributed by atoms with Gasteiger partial charge in [0.05, 0.1) is 0 Å². The van der Waals surface area contributed by atoms with Crippen LogP contribution in [-0.4, -0.2) is 47.2 Å². The first kappa shape index (κ1) is 19.1. The molecule has 1 fully saturated rings. The smallest absolute Gasteiger partial charge is 0.259 e. The largest absolute Gasteiger partial charge is 0.385 e. The highest BCUT2D eigenvalue weighted by atomic mass is 19.1. The molecule has 0 spiro atoms. The normalized spacial score (nSPS) is 15.4. The third-order valence-corrected chi connectivity index (χ3v) is 5.12. The van der Waals surface area contributed by atoms with E-state index >= 15 is 0 Å². The Labute approximate surface area is 168 Å². The number of piperazine rings is 1. The van der Waals surface area contributed by atoms with E-state index in [4.69, 9.17) is 4.52 Å². The molecule has 29 heavy (non-hydrogen) atoms. The Morgan fingerprint density at radius 3 is 2.34 bits per heavy atom. The van der Waals surface area contributed by atoms with Crippen molar-refractivity contribution >= 4 is 11.6 Å². The van der Waals surface area contributed by atoms with Crippen LogP contribution in [0.1, 0.15) is 29.1 Å². The first-order chi connectivity index (χ1) is 14.0. The number of rotatable bonds is 4. The number of carbonyl (C=O) groups is 1. The van der Waals surface area contributed by atoms with E-state index in [1.54, 1.807) is 24.0 Å². The Bertz CT molecular complexity index is 978. The van der Waals surface area contributed by atoms with Crippen LogP contribution in [0.4, 0.5) is 10.1 Å². The maximum atomic E-state index is 13.3. The molecule has 1 aliphatic rings. The van der Waals surface area contributed by atoms with Crippen molar-refractivity contribution in [2.75, 3.05) is 31.1 Å². The molecule has 1 aromatic heterocycles. The molecule has 0 bridgehead atoms. The maximum absolute atomic E-state index is 13.3. The van der Waals surface area contributed by atoms with E-state index in [-0.39, 0.29) is 17.5 Å². The van der Waals surface area contributed by atoms with Crippen molar-refractivity contribution in [3.8, 4) is 11.3 Å². The summed E-state index contributed by atoms with van der Waals surface area (Å²) in [6.45, 7) is 3.84. The van der Waals surface area contributed by atoms with Gasteiger partial charge < -0.3 is 19.4 Å². The second-order valence-corrected chi connectivity index (χ2v) is 7.07. The number of anilines is 1. The third kappa shape index (κ3) is 3.86. The van der Waals surface area contributed by atoms with Crippen molar-refractivity contribution in [2.24, 2.45) is 0 Å². The fourth-order valence-electron chi connectivity index (χ4n) is 3.57. The van der Waals surface area contributed by atoms with Crippen molar-refractivity contribution in [2.45, 2.75) is 13.0 Å². The van der Waals surface area contributed by atoms with Crippen LogP contribution < -0.4 is 4.90 Å². The van der Waals surface area contributed by atoms with Gasteiger partial charge in [-0.05, 0) is 31.2 Å². The molecule has 2 heterocycles. The minimum absolute atomic E-state index is 0.176. The predicted octanol–water partition coefficient (Wildman–Crippen LogP) is 3.50. The number of amides is 1. The van der Waals surface area contributed by atoms with Gasteiger partial charge in [-0.2, -0.15) is 0 Å². The van der Waals surface area contributed by atoms with Gasteiger partial charge in [0.1, 0.15) is 23.2 Å². The summed E-state index contributed by atoms with van der Waals surface area (Å²) < 4.78 is 18.5. The highest BCUT2D eigenvalue weighted by Crippen LogP contribution is 2.30. The summed E-state index contributed by atoms with van der Waals surface area (Å²) in [6.07, 6.45) is -0.945. The van der Waals surface area contributed by atoms with Gasteiger partial charge in [-0.3, -0.25) is 4.79 Å². The van der Waals surface area contributed by atoms with Crippen LogP contribution in [0.5, 0.6) is 0 Å². The number of halogens is 1. The zero-order valence-electron chi connectivity index (χ0n) is 16.1. The van der Waals surface area contributed by atoms with Crippen molar-refractivity contribution in [3.05, 3.63) is 71.7 Å². The summed E-state index contributed by atoms with van der Waals surface area (Å²) in [4.78, 5) is 17.2. The van der Waals surface area contributed by atoms with Gasteiger partial charge >= 0.3 is 0 Å². The van der Waals surface area contributed by atoms with Gasteiger partial charge in [-0.1, -0.05) is 35.5 Å². The summed E-state index contributed by atoms with van der Waals surface area (Å²) in [5, 5.41) is 14.1. The second kappa shape index (κ2) is 8.05. The first-order valence-electron chi connectivity index (χ1n) is 9.57. The number of hydrogen-bond acceptors (Lipinski definition) is 5. The average Bonchev–Trinajstić information content (AvgIpc) is 3.20. The quantitative estimate of drug-likeness (QED) is 0.732. The summed E-state index contributed by atoms with van der Waals surface area (Å²) in [5.41, 5.74) is 2.43. The summed E-state index contributed by atoms with van der Waals surface area (Å²) in [6, 6.07) is 15.7. The molecule has 0 aliphatic carbocycles. The molecular weight excluding hydrogens is 373 g/mol. The molecule has 3 aromatic rings. The summed E-state index contributed by atoms with van der Waals surface area (Å²) >= 11 is 0. The van der Waals surface area contributed by atoms with E-state index in [0.29, 0.717) is 37.4 Å². The van der Waals surface area contributed by atoms with Gasteiger partial charge in [0.2, 0.25) is 0 Å². The zero-order valence-corrected chi connectivity index (χ0v) is 16.1. The topological polar surface area (TPSA) is 69.8 Å². The number of aromatic nitrogens is 1. The molecule has 0 unspecified atom stereocenters. The fourth-order valence-corrected chi connectivity index (χ4v) is 3.57. The van der Waals surface area contributed by atoms with Gasteiger partial charge in [0.25, 0.3) is 5.91 Å². The van der Waals surface area contributed by atoms with E-state index in [0.717, 1.165) is 11.3 Å². The van der Waals surface area contributed by atoms with Gasteiger partial charge in [0, 0.05) is 37.4 Å². The fraction of sp³-hybridized carbons (Fsp3) is 0.273. The van der Waals surface area contributed by atoms with Gasteiger partial charge in [-0.15, -0.1) is 0 Å². The SMILES string of the molecule is C[C@H](O)c1onc(-c2ccccc2)c1C(=O)N1CCN(c2ccc(F)cc2)CC1. The molecule has 1 N–H and O–H groups in total. The standard InChI is InChI=1S/C22H22FN3O3/c1-15(27)21-19(20(24-29-21)16-5-3-2-4-6-16)22(28)26-13-11-25(12-14-26)18-9-7-17(23)8-10-18/h2-10,15,27H,11-14H2,1H3/t15-/m0/s1. The van der Waals surface area contributed by atoms with Crippen LogP contribution >= 0.6 is 0 Å². The Morgan fingerprint density at radius 1 is 1.07 bits per heavy atom. The molecule has 1 aliphatic heterocycles. The molecule has 1 atom stereocenters. The lowest BCUT2D eigenvalue weighted by atomic mass is 10.0. The Morgan fingerprint density at radius 2 is 1.72 bits per heavy atom. The summed E-state index contributed by atoms with van der Waals surface area (Å²) in [7, 11) is 0. The van der Waals surface area contributed by atoms with Crippen molar-refractivity contribution in [1.82, 2.24) is 10.1 Å². The van der Waals surface area contributed by atoms with Crippen LogP contribution in [0.25, 0.3) is 11.3 Å². The zero-order chi connectivity index (χ0) is 20.4. The molecule has 150 valence electrons. The number of hydrogen-bond donors (Lipinski definition) is 1. The van der Waals surface area contributed by atoms with E-state index < -0.39 is 6.10 Å². The van der Waals surface area contributed by atoms with Gasteiger partial charge in [0.15, 0.2) is 5.76 Å². The minimum Gasteiger partial charge on any atom is -0.385 e. The molecule has 0 saturated carbocycles. The van der Waals surface area contributed by atoms with Crippen LogP contribution in [0.15, 0.2) is 59.1 Å². The summed E-state index contributed by atoms with van der Waals surface area (Å²) in [5.74, 6) is -0.302. The molecule has 7 heteroatoms. The van der Waals surface area contributed by atoms with Crippen molar-refractivity contribution < 1.29 is 18.8 Å². The lowest BCUT2D eigenvalue weighted by molar-refractivity contribution is 0.0735. The highest BCUT2D eigenvalue weighted by Gasteiger charge is 2.31. The second-order valence-electron chi connectivity index (χ2n) is 7.07. The number of nitrogens with zero attached hydrogens (tertiary/aromatic N) is 3. The molecule has 2 aromatic carbocycles. The van der Waals surface area contributed by atoms with E-state index in [2.05, 4.69) is 10.1 Å². The Balaban J connectivity index is 1.56. The molecule has 4 rings (SSSR count). The third-order valence-electron chi connectivity index (χ3n) is 5.12. The van der Waals surface area contributed by atoms with Crippen molar-refractivity contribution in [3.63, 3.8) is 0 Å².